The summed E-state index contributed by atoms with van der Waals surface area (Å²) in [4.78, 5) is 38.3. The predicted molar refractivity (Wildman–Crippen MR) is 102 cm³/mol. The summed E-state index contributed by atoms with van der Waals surface area (Å²) in [5, 5.41) is 2.98. The van der Waals surface area contributed by atoms with E-state index in [1.807, 2.05) is 6.08 Å². The largest absolute Gasteiger partial charge is 0.346 e. The van der Waals surface area contributed by atoms with E-state index in [9.17, 15) is 18.8 Å². The Morgan fingerprint density at radius 2 is 2.04 bits per heavy atom. The van der Waals surface area contributed by atoms with Gasteiger partial charge >= 0.3 is 0 Å². The highest BCUT2D eigenvalue weighted by Gasteiger charge is 2.34. The van der Waals surface area contributed by atoms with E-state index in [2.05, 4.69) is 9.88 Å². The van der Waals surface area contributed by atoms with Crippen LogP contribution in [-0.2, 0) is 11.3 Å². The van der Waals surface area contributed by atoms with Crippen LogP contribution in [0.5, 0.6) is 0 Å². The van der Waals surface area contributed by atoms with Crippen LogP contribution in [0, 0.1) is 5.82 Å². The van der Waals surface area contributed by atoms with E-state index in [1.54, 1.807) is 11.0 Å². The Balaban J connectivity index is 1.71. The number of hydrogen-bond acceptors (Lipinski definition) is 3. The standard InChI is InChI=1S/C21H20FN3O3/c1-11(26)24-6-4-12(5-7-24)14-9-17-15(8-16(14)22)20(27)19-18(10-23-21(19)28)25(17)13-2-3-13/h4,8-9,13H,2-3,5-7,10H2,1H3,(H,23,28). The fourth-order valence-corrected chi connectivity index (χ4v) is 4.33. The zero-order valence-electron chi connectivity index (χ0n) is 15.5. The molecule has 0 bridgehead atoms. The van der Waals surface area contributed by atoms with Gasteiger partial charge in [0, 0.05) is 37.0 Å². The Morgan fingerprint density at radius 3 is 2.68 bits per heavy atom. The second-order valence-corrected chi connectivity index (χ2v) is 7.73. The van der Waals surface area contributed by atoms with Crippen molar-refractivity contribution in [2.75, 3.05) is 13.1 Å². The summed E-state index contributed by atoms with van der Waals surface area (Å²) in [7, 11) is 0. The lowest BCUT2D eigenvalue weighted by atomic mass is 9.96. The predicted octanol–water partition coefficient (Wildman–Crippen LogP) is 2.35. The molecule has 7 heteroatoms. The minimum atomic E-state index is -0.465. The molecule has 1 aliphatic carbocycles. The number of nitrogens with one attached hydrogen (secondary N) is 1. The molecule has 3 aliphatic rings. The normalized spacial score (nSPS) is 18.9. The lowest BCUT2D eigenvalue weighted by Crippen LogP contribution is -2.32. The zero-order valence-corrected chi connectivity index (χ0v) is 15.5. The molecule has 5 rings (SSSR count). The fourth-order valence-electron chi connectivity index (χ4n) is 4.33. The number of benzene rings is 1. The van der Waals surface area contributed by atoms with Crippen LogP contribution in [0.15, 0.2) is 23.0 Å². The van der Waals surface area contributed by atoms with E-state index in [0.717, 1.165) is 18.4 Å². The van der Waals surface area contributed by atoms with Crippen molar-refractivity contribution in [2.45, 2.75) is 38.8 Å². The molecule has 0 spiro atoms. The molecule has 1 aromatic heterocycles. The lowest BCUT2D eigenvalue weighted by Gasteiger charge is -2.26. The second kappa shape index (κ2) is 6.02. The van der Waals surface area contributed by atoms with Gasteiger partial charge in [-0.15, -0.1) is 0 Å². The Labute approximate surface area is 160 Å². The highest BCUT2D eigenvalue weighted by molar-refractivity contribution is 6.01. The van der Waals surface area contributed by atoms with Crippen molar-refractivity contribution in [2.24, 2.45) is 0 Å². The van der Waals surface area contributed by atoms with E-state index in [-0.39, 0.29) is 28.8 Å². The number of rotatable bonds is 2. The number of carbonyl (C=O) groups excluding carboxylic acids is 2. The van der Waals surface area contributed by atoms with E-state index in [1.165, 1.54) is 13.0 Å². The van der Waals surface area contributed by atoms with Gasteiger partial charge in [-0.05, 0) is 37.0 Å². The quantitative estimate of drug-likeness (QED) is 0.868. The Morgan fingerprint density at radius 1 is 1.25 bits per heavy atom. The average molecular weight is 381 g/mol. The molecule has 1 aromatic carbocycles. The van der Waals surface area contributed by atoms with Crippen LogP contribution >= 0.6 is 0 Å². The highest BCUT2D eigenvalue weighted by atomic mass is 19.1. The van der Waals surface area contributed by atoms with Crippen molar-refractivity contribution in [3.8, 4) is 0 Å². The molecular formula is C21H20FN3O3. The number of fused-ring (bicyclic) bond motifs is 2. The number of amides is 2. The number of halogens is 1. The summed E-state index contributed by atoms with van der Waals surface area (Å²) in [5.74, 6) is -0.836. The van der Waals surface area contributed by atoms with Gasteiger partial charge in [-0.3, -0.25) is 14.4 Å². The molecule has 1 saturated carbocycles. The summed E-state index contributed by atoms with van der Waals surface area (Å²) in [6.45, 7) is 2.87. The molecule has 1 fully saturated rings. The van der Waals surface area contributed by atoms with Crippen molar-refractivity contribution >= 4 is 28.3 Å². The summed E-state index contributed by atoms with van der Waals surface area (Å²) < 4.78 is 17.0. The monoisotopic (exact) mass is 381 g/mol. The molecular weight excluding hydrogens is 361 g/mol. The second-order valence-electron chi connectivity index (χ2n) is 7.73. The lowest BCUT2D eigenvalue weighted by molar-refractivity contribution is -0.128. The van der Waals surface area contributed by atoms with Crippen molar-refractivity contribution in [3.05, 3.63) is 51.1 Å². The van der Waals surface area contributed by atoms with Crippen LogP contribution in [-0.4, -0.2) is 34.4 Å². The van der Waals surface area contributed by atoms with Gasteiger partial charge in [-0.25, -0.2) is 4.39 Å². The topological polar surface area (TPSA) is 71.4 Å². The molecule has 1 N–H and O–H groups in total. The minimum absolute atomic E-state index is 0.00425. The number of aromatic nitrogens is 1. The molecule has 144 valence electrons. The smallest absolute Gasteiger partial charge is 0.257 e. The Kier molecular flexibility index (Phi) is 3.69. The van der Waals surface area contributed by atoms with Crippen LogP contribution in [0.4, 0.5) is 4.39 Å². The number of nitrogens with zero attached hydrogens (tertiary/aromatic N) is 2. The van der Waals surface area contributed by atoms with Crippen molar-refractivity contribution in [3.63, 3.8) is 0 Å². The number of carbonyl (C=O) groups is 2. The van der Waals surface area contributed by atoms with Crippen LogP contribution in [0.25, 0.3) is 16.5 Å². The van der Waals surface area contributed by atoms with Gasteiger partial charge in [0.05, 0.1) is 17.8 Å². The van der Waals surface area contributed by atoms with E-state index < -0.39 is 11.2 Å². The molecule has 3 heterocycles. The maximum atomic E-state index is 15.0. The summed E-state index contributed by atoms with van der Waals surface area (Å²) in [6, 6.07) is 3.27. The number of pyridine rings is 1. The highest BCUT2D eigenvalue weighted by Crippen LogP contribution is 2.40. The summed E-state index contributed by atoms with van der Waals surface area (Å²) in [6.07, 6.45) is 4.43. The molecule has 2 aliphatic heterocycles. The molecule has 2 amide bonds. The molecule has 0 atom stereocenters. The third-order valence-electron chi connectivity index (χ3n) is 5.95. The molecule has 0 unspecified atom stereocenters. The maximum absolute atomic E-state index is 15.0. The van der Waals surface area contributed by atoms with Crippen LogP contribution in [0.2, 0.25) is 0 Å². The maximum Gasteiger partial charge on any atom is 0.257 e. The minimum Gasteiger partial charge on any atom is -0.346 e. The van der Waals surface area contributed by atoms with Crippen LogP contribution < -0.4 is 10.7 Å². The van der Waals surface area contributed by atoms with E-state index >= 15 is 0 Å². The molecule has 0 saturated heterocycles. The summed E-state index contributed by atoms with van der Waals surface area (Å²) >= 11 is 0. The summed E-state index contributed by atoms with van der Waals surface area (Å²) in [5.41, 5.74) is 2.48. The van der Waals surface area contributed by atoms with E-state index in [0.29, 0.717) is 42.8 Å². The molecule has 2 aromatic rings. The third-order valence-corrected chi connectivity index (χ3v) is 5.95. The molecule has 6 nitrogen and oxygen atoms in total. The first kappa shape index (κ1) is 17.2. The van der Waals surface area contributed by atoms with E-state index in [4.69, 9.17) is 0 Å². The molecule has 28 heavy (non-hydrogen) atoms. The van der Waals surface area contributed by atoms with Crippen molar-refractivity contribution < 1.29 is 14.0 Å². The Bertz CT molecular complexity index is 1140. The van der Waals surface area contributed by atoms with Gasteiger partial charge in [0.1, 0.15) is 11.4 Å². The van der Waals surface area contributed by atoms with Crippen LogP contribution in [0.3, 0.4) is 0 Å². The SMILES string of the molecule is CC(=O)N1CC=C(c2cc3c(cc2F)c(=O)c2c(n3C3CC3)CNC2=O)CC1. The van der Waals surface area contributed by atoms with Crippen molar-refractivity contribution in [1.29, 1.82) is 0 Å². The van der Waals surface area contributed by atoms with Crippen LogP contribution in [0.1, 0.15) is 53.8 Å². The van der Waals surface area contributed by atoms with Gasteiger partial charge < -0.3 is 14.8 Å². The first-order valence-corrected chi connectivity index (χ1v) is 9.59. The van der Waals surface area contributed by atoms with Crippen molar-refractivity contribution in [1.82, 2.24) is 14.8 Å². The molecule has 0 radical (unpaired) electrons. The number of hydrogen-bond donors (Lipinski definition) is 1. The van der Waals surface area contributed by atoms with Gasteiger partial charge in [0.25, 0.3) is 5.91 Å². The first-order valence-electron chi connectivity index (χ1n) is 9.59. The average Bonchev–Trinajstić information content (AvgIpc) is 3.44. The third kappa shape index (κ3) is 2.49. The zero-order chi connectivity index (χ0) is 19.6. The first-order chi connectivity index (χ1) is 13.5. The fraction of sp³-hybridized carbons (Fsp3) is 0.381. The Hall–Kier alpha value is -2.96. The van der Waals surface area contributed by atoms with Gasteiger partial charge in [0.2, 0.25) is 11.3 Å². The van der Waals surface area contributed by atoms with Gasteiger partial charge in [0.15, 0.2) is 0 Å². The van der Waals surface area contributed by atoms with Gasteiger partial charge in [-0.2, -0.15) is 0 Å². The van der Waals surface area contributed by atoms with Gasteiger partial charge in [-0.1, -0.05) is 6.08 Å².